The molecule has 0 bridgehead atoms. The lowest BCUT2D eigenvalue weighted by Gasteiger charge is -2.40. The second-order valence-electron chi connectivity index (χ2n) is 5.43. The summed E-state index contributed by atoms with van der Waals surface area (Å²) in [6, 6.07) is 2.83. The zero-order valence-corrected chi connectivity index (χ0v) is 12.5. The van der Waals surface area contributed by atoms with Crippen LogP contribution in [0.5, 0.6) is 0 Å². The maximum absolute atomic E-state index is 13.8. The van der Waals surface area contributed by atoms with Crippen molar-refractivity contribution in [3.05, 3.63) is 29.6 Å². The van der Waals surface area contributed by atoms with Gasteiger partial charge in [0.25, 0.3) is 0 Å². The van der Waals surface area contributed by atoms with Gasteiger partial charge in [-0.1, -0.05) is 6.07 Å². The van der Waals surface area contributed by atoms with E-state index in [0.29, 0.717) is 18.8 Å². The minimum absolute atomic E-state index is 0.000167. The zero-order valence-electron chi connectivity index (χ0n) is 12.5. The van der Waals surface area contributed by atoms with E-state index in [0.717, 1.165) is 6.92 Å². The van der Waals surface area contributed by atoms with E-state index >= 15 is 0 Å². The maximum atomic E-state index is 13.8. The largest absolute Gasteiger partial charge is 0.403 e. The number of halogens is 4. The number of benzene rings is 1. The van der Waals surface area contributed by atoms with Crippen molar-refractivity contribution < 1.29 is 22.4 Å². The molecule has 0 amide bonds. The summed E-state index contributed by atoms with van der Waals surface area (Å²) in [5, 5.41) is 0. The molecule has 3 nitrogen and oxygen atoms in total. The van der Waals surface area contributed by atoms with Gasteiger partial charge in [-0.25, -0.2) is 4.39 Å². The van der Waals surface area contributed by atoms with E-state index in [-0.39, 0.29) is 24.4 Å². The fraction of sp³-hybridized carbons (Fsp3) is 0.533. The topological polar surface area (TPSA) is 23.6 Å². The second kappa shape index (κ2) is 6.24. The van der Waals surface area contributed by atoms with Gasteiger partial charge in [0.15, 0.2) is 5.78 Å². The van der Waals surface area contributed by atoms with Crippen LogP contribution in [-0.4, -0.2) is 49.1 Å². The summed E-state index contributed by atoms with van der Waals surface area (Å²) < 4.78 is 52.0. The smallest absolute Gasteiger partial charge is 0.368 e. The summed E-state index contributed by atoms with van der Waals surface area (Å²) in [6.45, 7) is 3.50. The van der Waals surface area contributed by atoms with Gasteiger partial charge in [0.05, 0.1) is 11.3 Å². The average Bonchev–Trinajstić information content (AvgIpc) is 2.45. The Kier molecular flexibility index (Phi) is 4.75. The van der Waals surface area contributed by atoms with E-state index in [1.807, 2.05) is 0 Å². The van der Waals surface area contributed by atoms with E-state index in [4.69, 9.17) is 0 Å². The Morgan fingerprint density at radius 1 is 1.18 bits per heavy atom. The molecular formula is C15H18F4N2O. The van der Waals surface area contributed by atoms with Crippen LogP contribution in [0.2, 0.25) is 0 Å². The molecule has 22 heavy (non-hydrogen) atoms. The monoisotopic (exact) mass is 318 g/mol. The van der Waals surface area contributed by atoms with Crippen molar-refractivity contribution in [1.29, 1.82) is 0 Å². The van der Waals surface area contributed by atoms with E-state index in [2.05, 4.69) is 0 Å². The van der Waals surface area contributed by atoms with Crippen molar-refractivity contribution in [3.8, 4) is 0 Å². The molecule has 0 spiro atoms. The number of hydrogen-bond acceptors (Lipinski definition) is 3. The van der Waals surface area contributed by atoms with Gasteiger partial charge in [-0.2, -0.15) is 13.2 Å². The second-order valence-corrected chi connectivity index (χ2v) is 5.43. The summed E-state index contributed by atoms with van der Waals surface area (Å²) in [4.78, 5) is 14.7. The Morgan fingerprint density at radius 2 is 1.77 bits per heavy atom. The van der Waals surface area contributed by atoms with Crippen molar-refractivity contribution in [3.63, 3.8) is 0 Å². The fourth-order valence-electron chi connectivity index (χ4n) is 2.68. The Labute approximate surface area is 126 Å². The predicted octanol–water partition coefficient (Wildman–Crippen LogP) is 3.10. The summed E-state index contributed by atoms with van der Waals surface area (Å²) in [6.07, 6.45) is -4.26. The summed E-state index contributed by atoms with van der Waals surface area (Å²) in [5.41, 5.74) is 0.451. The van der Waals surface area contributed by atoms with Crippen LogP contribution in [0, 0.1) is 5.82 Å². The number of alkyl halides is 3. The van der Waals surface area contributed by atoms with Crippen molar-refractivity contribution >= 4 is 11.5 Å². The van der Waals surface area contributed by atoms with Crippen LogP contribution in [0.15, 0.2) is 18.2 Å². The first-order valence-corrected chi connectivity index (χ1v) is 7.07. The number of piperazine rings is 1. The molecule has 1 aliphatic heterocycles. The van der Waals surface area contributed by atoms with Gasteiger partial charge in [-0.05, 0) is 26.0 Å². The van der Waals surface area contributed by atoms with E-state index in [1.165, 1.54) is 24.0 Å². The van der Waals surface area contributed by atoms with Crippen molar-refractivity contribution in [2.75, 3.05) is 31.1 Å². The van der Waals surface area contributed by atoms with Gasteiger partial charge in [-0.15, -0.1) is 0 Å². The van der Waals surface area contributed by atoms with Crippen LogP contribution >= 0.6 is 0 Å². The number of ketones is 1. The normalized spacial score (nSPS) is 18.4. The van der Waals surface area contributed by atoms with Gasteiger partial charge in [0.1, 0.15) is 11.9 Å². The van der Waals surface area contributed by atoms with Crippen LogP contribution in [0.1, 0.15) is 24.2 Å². The van der Waals surface area contributed by atoms with Crippen LogP contribution in [0.25, 0.3) is 0 Å². The fourth-order valence-corrected chi connectivity index (χ4v) is 2.68. The number of rotatable bonds is 3. The predicted molar refractivity (Wildman–Crippen MR) is 75.7 cm³/mol. The number of hydrogen-bond donors (Lipinski definition) is 0. The quantitative estimate of drug-likeness (QED) is 0.632. The lowest BCUT2D eigenvalue weighted by molar-refractivity contribution is -0.179. The van der Waals surface area contributed by atoms with Gasteiger partial charge in [-0.3, -0.25) is 9.69 Å². The third-order valence-corrected chi connectivity index (χ3v) is 4.02. The molecule has 1 aliphatic rings. The Balaban J connectivity index is 2.13. The molecule has 0 radical (unpaired) electrons. The molecular weight excluding hydrogens is 300 g/mol. The highest BCUT2D eigenvalue weighted by Gasteiger charge is 2.41. The molecule has 1 heterocycles. The van der Waals surface area contributed by atoms with Crippen LogP contribution in [0.3, 0.4) is 0 Å². The number of nitrogens with zero attached hydrogens (tertiary/aromatic N) is 2. The van der Waals surface area contributed by atoms with E-state index in [1.54, 1.807) is 11.0 Å². The minimum Gasteiger partial charge on any atom is -0.368 e. The molecule has 0 aromatic heterocycles. The molecule has 0 N–H and O–H groups in total. The maximum Gasteiger partial charge on any atom is 0.403 e. The van der Waals surface area contributed by atoms with E-state index in [9.17, 15) is 22.4 Å². The molecule has 2 rings (SSSR count). The highest BCUT2D eigenvalue weighted by molar-refractivity contribution is 6.00. The van der Waals surface area contributed by atoms with Gasteiger partial charge in [0, 0.05) is 26.2 Å². The summed E-state index contributed by atoms with van der Waals surface area (Å²) >= 11 is 0. The summed E-state index contributed by atoms with van der Waals surface area (Å²) in [5.74, 6) is -0.990. The van der Waals surface area contributed by atoms with Crippen LogP contribution in [0.4, 0.5) is 23.2 Å². The zero-order chi connectivity index (χ0) is 16.5. The molecule has 1 saturated heterocycles. The molecule has 0 unspecified atom stereocenters. The number of carbonyl (C=O) groups excluding carboxylic acids is 1. The SMILES string of the molecule is CC(=O)c1c(F)cccc1N1CCN([C@H](C)C(F)(F)F)CC1. The molecule has 0 saturated carbocycles. The first kappa shape index (κ1) is 16.7. The first-order valence-electron chi connectivity index (χ1n) is 7.07. The third kappa shape index (κ3) is 3.40. The van der Waals surface area contributed by atoms with Crippen LogP contribution < -0.4 is 4.90 Å². The van der Waals surface area contributed by atoms with Gasteiger partial charge >= 0.3 is 6.18 Å². The molecule has 122 valence electrons. The van der Waals surface area contributed by atoms with Gasteiger partial charge in [0.2, 0.25) is 0 Å². The van der Waals surface area contributed by atoms with Crippen LogP contribution in [-0.2, 0) is 0 Å². The summed E-state index contributed by atoms with van der Waals surface area (Å²) in [7, 11) is 0. The van der Waals surface area contributed by atoms with Gasteiger partial charge < -0.3 is 4.90 Å². The Morgan fingerprint density at radius 3 is 2.27 bits per heavy atom. The third-order valence-electron chi connectivity index (χ3n) is 4.02. The molecule has 1 fully saturated rings. The van der Waals surface area contributed by atoms with Crippen molar-refractivity contribution in [1.82, 2.24) is 4.90 Å². The minimum atomic E-state index is -4.26. The average molecular weight is 318 g/mol. The van der Waals surface area contributed by atoms with Crippen molar-refractivity contribution in [2.24, 2.45) is 0 Å². The number of Topliss-reactive ketones (excluding diaryl/α,β-unsaturated/α-hetero) is 1. The lowest BCUT2D eigenvalue weighted by atomic mass is 10.1. The molecule has 1 aromatic carbocycles. The molecule has 7 heteroatoms. The Hall–Kier alpha value is -1.63. The van der Waals surface area contributed by atoms with Crippen molar-refractivity contribution in [2.45, 2.75) is 26.1 Å². The number of anilines is 1. The first-order chi connectivity index (χ1) is 10.2. The Bertz CT molecular complexity index is 551. The standard InChI is InChI=1S/C15H18F4N2O/c1-10(22)14-12(16)4-3-5-13(14)21-8-6-20(7-9-21)11(2)15(17,18)19/h3-5,11H,6-9H2,1-2H3/t11-/m1/s1. The molecule has 1 aromatic rings. The molecule has 0 aliphatic carbocycles. The lowest BCUT2D eigenvalue weighted by Crippen LogP contribution is -2.53. The highest BCUT2D eigenvalue weighted by atomic mass is 19.4. The number of carbonyl (C=O) groups is 1. The van der Waals surface area contributed by atoms with E-state index < -0.39 is 18.0 Å². The highest BCUT2D eigenvalue weighted by Crippen LogP contribution is 2.28. The molecule has 1 atom stereocenters.